The van der Waals surface area contributed by atoms with Crippen molar-refractivity contribution in [2.75, 3.05) is 0 Å². The summed E-state index contributed by atoms with van der Waals surface area (Å²) < 4.78 is 0. The van der Waals surface area contributed by atoms with Gasteiger partial charge in [0.1, 0.15) is 0 Å². The van der Waals surface area contributed by atoms with E-state index in [2.05, 4.69) is 20.8 Å². The summed E-state index contributed by atoms with van der Waals surface area (Å²) in [5.41, 5.74) is 0.884. The van der Waals surface area contributed by atoms with Crippen LogP contribution in [0.2, 0.25) is 0 Å². The van der Waals surface area contributed by atoms with Gasteiger partial charge in [0.2, 0.25) is 0 Å². The second-order valence-electron chi connectivity index (χ2n) is 4.75. The van der Waals surface area contributed by atoms with Crippen LogP contribution in [0.4, 0.5) is 0 Å². The molecule has 0 aromatic rings. The summed E-state index contributed by atoms with van der Waals surface area (Å²) in [6.07, 6.45) is 5.90. The molecule has 64 valence electrons. The van der Waals surface area contributed by atoms with E-state index in [-0.39, 0.29) is 0 Å². The highest BCUT2D eigenvalue weighted by Gasteiger charge is 2.72. The molecule has 4 unspecified atom stereocenters. The molecule has 0 aromatic heterocycles. The van der Waals surface area contributed by atoms with E-state index in [0.717, 1.165) is 23.2 Å². The summed E-state index contributed by atoms with van der Waals surface area (Å²) in [6, 6.07) is 0. The van der Waals surface area contributed by atoms with Gasteiger partial charge in [-0.25, -0.2) is 0 Å². The minimum atomic E-state index is 0.884. The molecule has 2 aliphatic rings. The van der Waals surface area contributed by atoms with E-state index in [1.807, 2.05) is 0 Å². The van der Waals surface area contributed by atoms with Crippen LogP contribution in [0.15, 0.2) is 0 Å². The monoisotopic (exact) mass is 152 g/mol. The summed E-state index contributed by atoms with van der Waals surface area (Å²) in [5.74, 6) is 3.26. The van der Waals surface area contributed by atoms with E-state index in [1.54, 1.807) is 6.42 Å². The highest BCUT2D eigenvalue weighted by molar-refractivity contribution is 5.20. The van der Waals surface area contributed by atoms with Crippen molar-refractivity contribution < 1.29 is 0 Å². The van der Waals surface area contributed by atoms with Crippen molar-refractivity contribution in [3.05, 3.63) is 0 Å². The van der Waals surface area contributed by atoms with Crippen molar-refractivity contribution in [2.45, 2.75) is 46.5 Å². The van der Waals surface area contributed by atoms with E-state index >= 15 is 0 Å². The van der Waals surface area contributed by atoms with Crippen molar-refractivity contribution in [1.82, 2.24) is 0 Å². The molecule has 2 fully saturated rings. The van der Waals surface area contributed by atoms with E-state index < -0.39 is 0 Å². The molecule has 11 heavy (non-hydrogen) atoms. The predicted octanol–water partition coefficient (Wildman–Crippen LogP) is 3.47. The Bertz CT molecular complexity index is 161. The van der Waals surface area contributed by atoms with Crippen molar-refractivity contribution in [1.29, 1.82) is 0 Å². The van der Waals surface area contributed by atoms with Gasteiger partial charge in [-0.15, -0.1) is 0 Å². The van der Waals surface area contributed by atoms with Crippen molar-refractivity contribution in [2.24, 2.45) is 23.2 Å². The van der Waals surface area contributed by atoms with Crippen LogP contribution in [0.1, 0.15) is 46.5 Å². The Morgan fingerprint density at radius 1 is 1.36 bits per heavy atom. The number of rotatable bonds is 3. The maximum Gasteiger partial charge on any atom is -0.0209 e. The molecule has 2 saturated carbocycles. The Morgan fingerprint density at radius 3 is 2.36 bits per heavy atom. The molecular formula is C11H20. The molecule has 0 amide bonds. The van der Waals surface area contributed by atoms with Crippen LogP contribution in [0.3, 0.4) is 0 Å². The van der Waals surface area contributed by atoms with Gasteiger partial charge < -0.3 is 0 Å². The molecule has 0 aromatic carbocycles. The zero-order valence-corrected chi connectivity index (χ0v) is 8.06. The van der Waals surface area contributed by atoms with Gasteiger partial charge in [0.05, 0.1) is 0 Å². The van der Waals surface area contributed by atoms with E-state index in [4.69, 9.17) is 0 Å². The molecule has 0 heteroatoms. The molecule has 4 atom stereocenters. The van der Waals surface area contributed by atoms with Crippen LogP contribution in [-0.4, -0.2) is 0 Å². The molecular weight excluding hydrogens is 132 g/mol. The SMILES string of the molecule is CCCCC1C(C)C12CC2C. The Balaban J connectivity index is 1.82. The van der Waals surface area contributed by atoms with Gasteiger partial charge in [-0.2, -0.15) is 0 Å². The maximum absolute atomic E-state index is 2.46. The van der Waals surface area contributed by atoms with Gasteiger partial charge >= 0.3 is 0 Å². The van der Waals surface area contributed by atoms with Gasteiger partial charge in [0.15, 0.2) is 0 Å². The average molecular weight is 152 g/mol. The third-order valence-corrected chi connectivity index (χ3v) is 4.32. The Hall–Kier alpha value is 0. The predicted molar refractivity (Wildman–Crippen MR) is 48.4 cm³/mol. The summed E-state index contributed by atoms with van der Waals surface area (Å²) >= 11 is 0. The van der Waals surface area contributed by atoms with Gasteiger partial charge in [0.25, 0.3) is 0 Å². The van der Waals surface area contributed by atoms with Gasteiger partial charge in [-0.05, 0) is 36.0 Å². The first-order valence-corrected chi connectivity index (χ1v) is 5.23. The zero-order valence-electron chi connectivity index (χ0n) is 8.06. The summed E-state index contributed by atoms with van der Waals surface area (Å²) in [5, 5.41) is 0. The molecule has 0 bridgehead atoms. The average Bonchev–Trinajstić information content (AvgIpc) is 2.77. The fourth-order valence-corrected chi connectivity index (χ4v) is 3.32. The zero-order chi connectivity index (χ0) is 8.06. The lowest BCUT2D eigenvalue weighted by molar-refractivity contribution is 0.576. The number of hydrogen-bond donors (Lipinski definition) is 0. The lowest BCUT2D eigenvalue weighted by Gasteiger charge is -1.94. The summed E-state index contributed by atoms with van der Waals surface area (Å²) in [4.78, 5) is 0. The Kier molecular flexibility index (Phi) is 1.56. The Morgan fingerprint density at radius 2 is 2.00 bits per heavy atom. The molecule has 0 radical (unpaired) electrons. The second kappa shape index (κ2) is 2.24. The largest absolute Gasteiger partial charge is 0.0654 e. The number of unbranched alkanes of at least 4 members (excludes halogenated alkanes) is 1. The van der Waals surface area contributed by atoms with Crippen molar-refractivity contribution >= 4 is 0 Å². The molecule has 0 nitrogen and oxygen atoms in total. The maximum atomic E-state index is 2.46. The third kappa shape index (κ3) is 0.878. The molecule has 2 rings (SSSR count). The van der Waals surface area contributed by atoms with Crippen molar-refractivity contribution in [3.8, 4) is 0 Å². The minimum Gasteiger partial charge on any atom is -0.0654 e. The minimum absolute atomic E-state index is 0.884. The third-order valence-electron chi connectivity index (χ3n) is 4.32. The van der Waals surface area contributed by atoms with Crippen LogP contribution in [0, 0.1) is 23.2 Å². The summed E-state index contributed by atoms with van der Waals surface area (Å²) in [7, 11) is 0. The molecule has 1 spiro atoms. The van der Waals surface area contributed by atoms with E-state index in [1.165, 1.54) is 19.3 Å². The second-order valence-corrected chi connectivity index (χ2v) is 4.75. The van der Waals surface area contributed by atoms with Crippen LogP contribution in [0.25, 0.3) is 0 Å². The molecule has 0 saturated heterocycles. The fourth-order valence-electron chi connectivity index (χ4n) is 3.32. The molecule has 0 N–H and O–H groups in total. The number of hydrogen-bond acceptors (Lipinski definition) is 0. The lowest BCUT2D eigenvalue weighted by Crippen LogP contribution is -1.82. The lowest BCUT2D eigenvalue weighted by atomic mass is 10.1. The Labute approximate surface area is 70.4 Å². The topological polar surface area (TPSA) is 0 Å². The molecule has 0 heterocycles. The van der Waals surface area contributed by atoms with E-state index in [9.17, 15) is 0 Å². The quantitative estimate of drug-likeness (QED) is 0.581. The molecule has 0 aliphatic heterocycles. The normalized spacial score (nSPS) is 53.2. The highest BCUT2D eigenvalue weighted by atomic mass is 14.8. The van der Waals surface area contributed by atoms with Crippen LogP contribution in [-0.2, 0) is 0 Å². The molecule has 2 aliphatic carbocycles. The first-order valence-electron chi connectivity index (χ1n) is 5.23. The smallest absolute Gasteiger partial charge is 0.0209 e. The van der Waals surface area contributed by atoms with Gasteiger partial charge in [-0.3, -0.25) is 0 Å². The summed E-state index contributed by atoms with van der Waals surface area (Å²) in [6.45, 7) is 7.20. The van der Waals surface area contributed by atoms with Gasteiger partial charge in [-0.1, -0.05) is 33.6 Å². The van der Waals surface area contributed by atoms with E-state index in [0.29, 0.717) is 0 Å². The van der Waals surface area contributed by atoms with Crippen LogP contribution < -0.4 is 0 Å². The fraction of sp³-hybridized carbons (Fsp3) is 1.00. The first kappa shape index (κ1) is 7.64. The van der Waals surface area contributed by atoms with Crippen molar-refractivity contribution in [3.63, 3.8) is 0 Å². The standard InChI is InChI=1S/C11H20/c1-4-5-6-10-9(3)11(10)7-8(11)2/h8-10H,4-7H2,1-3H3. The first-order chi connectivity index (χ1) is 5.23. The van der Waals surface area contributed by atoms with Gasteiger partial charge in [0, 0.05) is 0 Å². The van der Waals surface area contributed by atoms with Crippen LogP contribution in [0.5, 0.6) is 0 Å². The van der Waals surface area contributed by atoms with Crippen LogP contribution >= 0.6 is 0 Å². The highest BCUT2D eigenvalue weighted by Crippen LogP contribution is 2.79.